The Kier molecular flexibility index (Phi) is 1.97. The number of hydrogen-bond acceptors (Lipinski definition) is 4. The zero-order valence-corrected chi connectivity index (χ0v) is 8.14. The molecule has 0 aliphatic heterocycles. The molecular weight excluding hydrogens is 234 g/mol. The Labute approximate surface area is 82.8 Å². The van der Waals surface area contributed by atoms with Crippen molar-refractivity contribution in [3.8, 4) is 5.82 Å². The molecular formula is C7H6BrN5. The van der Waals surface area contributed by atoms with Gasteiger partial charge < -0.3 is 5.73 Å². The van der Waals surface area contributed by atoms with Crippen molar-refractivity contribution in [2.75, 3.05) is 5.73 Å². The first-order valence-electron chi connectivity index (χ1n) is 3.53. The average Bonchev–Trinajstić information content (AvgIpc) is 2.52. The summed E-state index contributed by atoms with van der Waals surface area (Å²) in [5, 5.41) is 0. The first-order chi connectivity index (χ1) is 6.25. The van der Waals surface area contributed by atoms with Crippen LogP contribution in [0.2, 0.25) is 0 Å². The molecule has 0 saturated heterocycles. The van der Waals surface area contributed by atoms with Crippen molar-refractivity contribution in [2.24, 2.45) is 0 Å². The van der Waals surface area contributed by atoms with E-state index in [0.717, 1.165) is 4.60 Å². The third kappa shape index (κ3) is 1.67. The van der Waals surface area contributed by atoms with E-state index in [4.69, 9.17) is 5.73 Å². The van der Waals surface area contributed by atoms with Gasteiger partial charge in [-0.2, -0.15) is 0 Å². The molecule has 0 atom stereocenters. The first kappa shape index (κ1) is 8.18. The summed E-state index contributed by atoms with van der Waals surface area (Å²) < 4.78 is 2.48. The zero-order valence-electron chi connectivity index (χ0n) is 6.55. The minimum absolute atomic E-state index is 0.391. The molecule has 2 N–H and O–H groups in total. The van der Waals surface area contributed by atoms with Crippen molar-refractivity contribution in [2.45, 2.75) is 0 Å². The molecule has 2 aromatic rings. The van der Waals surface area contributed by atoms with E-state index in [1.807, 2.05) is 0 Å². The summed E-state index contributed by atoms with van der Waals surface area (Å²) in [5.41, 5.74) is 5.48. The molecule has 0 aromatic carbocycles. The fourth-order valence-corrected chi connectivity index (χ4v) is 1.23. The average molecular weight is 240 g/mol. The molecule has 5 nitrogen and oxygen atoms in total. The Morgan fingerprint density at radius 1 is 1.38 bits per heavy atom. The summed E-state index contributed by atoms with van der Waals surface area (Å²) in [6, 6.07) is 0. The molecule has 0 saturated carbocycles. The number of nitrogens with two attached hydrogens (primary N) is 1. The summed E-state index contributed by atoms with van der Waals surface area (Å²) >= 11 is 3.24. The second kappa shape index (κ2) is 3.14. The van der Waals surface area contributed by atoms with Crippen LogP contribution in [-0.4, -0.2) is 19.5 Å². The van der Waals surface area contributed by atoms with Crippen LogP contribution in [0, 0.1) is 0 Å². The lowest BCUT2D eigenvalue weighted by molar-refractivity contribution is 0.975. The molecule has 0 fully saturated rings. The Bertz CT molecular complexity index is 424. The topological polar surface area (TPSA) is 69.6 Å². The van der Waals surface area contributed by atoms with Gasteiger partial charge in [-0.05, 0) is 15.9 Å². The zero-order chi connectivity index (χ0) is 9.26. The highest BCUT2D eigenvalue weighted by Crippen LogP contribution is 2.09. The van der Waals surface area contributed by atoms with Gasteiger partial charge in [-0.1, -0.05) is 0 Å². The maximum atomic E-state index is 5.48. The maximum Gasteiger partial charge on any atom is 0.158 e. The predicted octanol–water partition coefficient (Wildman–Crippen LogP) is 1.01. The Hall–Kier alpha value is -1.43. The van der Waals surface area contributed by atoms with Gasteiger partial charge in [0, 0.05) is 6.20 Å². The van der Waals surface area contributed by atoms with Crippen LogP contribution < -0.4 is 5.73 Å². The maximum absolute atomic E-state index is 5.48. The van der Waals surface area contributed by atoms with E-state index in [1.165, 1.54) is 6.20 Å². The number of imidazole rings is 1. The van der Waals surface area contributed by atoms with Crippen LogP contribution in [-0.2, 0) is 0 Å². The van der Waals surface area contributed by atoms with Crippen LogP contribution in [0.15, 0.2) is 29.5 Å². The van der Waals surface area contributed by atoms with E-state index in [9.17, 15) is 0 Å². The highest BCUT2D eigenvalue weighted by Gasteiger charge is 1.99. The van der Waals surface area contributed by atoms with E-state index in [1.54, 1.807) is 23.3 Å². The number of aromatic nitrogens is 4. The molecule has 13 heavy (non-hydrogen) atoms. The van der Waals surface area contributed by atoms with Gasteiger partial charge in [0.15, 0.2) is 5.82 Å². The Morgan fingerprint density at radius 2 is 2.23 bits per heavy atom. The van der Waals surface area contributed by atoms with Crippen molar-refractivity contribution < 1.29 is 0 Å². The molecule has 0 unspecified atom stereocenters. The van der Waals surface area contributed by atoms with Crippen molar-refractivity contribution in [1.82, 2.24) is 19.5 Å². The predicted molar refractivity (Wildman–Crippen MR) is 51.3 cm³/mol. The Balaban J connectivity index is 2.46. The van der Waals surface area contributed by atoms with Crippen LogP contribution in [0.3, 0.4) is 0 Å². The fourth-order valence-electron chi connectivity index (χ4n) is 0.919. The lowest BCUT2D eigenvalue weighted by Gasteiger charge is -1.99. The van der Waals surface area contributed by atoms with Gasteiger partial charge in [0.05, 0.1) is 12.4 Å². The highest BCUT2D eigenvalue weighted by atomic mass is 79.9. The van der Waals surface area contributed by atoms with Gasteiger partial charge in [-0.3, -0.25) is 9.55 Å². The number of nitrogen functional groups attached to an aromatic ring is 1. The minimum Gasteiger partial charge on any atom is -0.382 e. The van der Waals surface area contributed by atoms with Crippen molar-refractivity contribution >= 4 is 21.7 Å². The van der Waals surface area contributed by atoms with Gasteiger partial charge in [0.2, 0.25) is 0 Å². The quantitative estimate of drug-likeness (QED) is 0.807. The van der Waals surface area contributed by atoms with Crippen LogP contribution in [0.1, 0.15) is 0 Å². The number of hydrogen-bond donors (Lipinski definition) is 1. The summed E-state index contributed by atoms with van der Waals surface area (Å²) in [6.45, 7) is 0. The van der Waals surface area contributed by atoms with E-state index >= 15 is 0 Å². The lowest BCUT2D eigenvalue weighted by atomic mass is 10.6. The largest absolute Gasteiger partial charge is 0.382 e. The molecule has 66 valence electrons. The number of rotatable bonds is 1. The van der Waals surface area contributed by atoms with Crippen molar-refractivity contribution in [3.05, 3.63) is 29.5 Å². The SMILES string of the molecule is Nc1cncc(-n2cnc(Br)c2)n1. The van der Waals surface area contributed by atoms with Crippen LogP contribution >= 0.6 is 15.9 Å². The number of anilines is 1. The van der Waals surface area contributed by atoms with Gasteiger partial charge in [0.1, 0.15) is 16.7 Å². The Morgan fingerprint density at radius 3 is 2.85 bits per heavy atom. The molecule has 0 radical (unpaired) electrons. The van der Waals surface area contributed by atoms with Gasteiger partial charge in [-0.25, -0.2) is 9.97 Å². The fraction of sp³-hybridized carbons (Fsp3) is 0. The van der Waals surface area contributed by atoms with E-state index in [-0.39, 0.29) is 0 Å². The van der Waals surface area contributed by atoms with Gasteiger partial charge >= 0.3 is 0 Å². The summed E-state index contributed by atoms with van der Waals surface area (Å²) in [6.07, 6.45) is 6.52. The van der Waals surface area contributed by atoms with Gasteiger partial charge in [0.25, 0.3) is 0 Å². The second-order valence-electron chi connectivity index (χ2n) is 2.41. The van der Waals surface area contributed by atoms with Crippen LogP contribution in [0.25, 0.3) is 5.82 Å². The van der Waals surface area contributed by atoms with E-state index < -0.39 is 0 Å². The lowest BCUT2D eigenvalue weighted by Crippen LogP contribution is -1.99. The van der Waals surface area contributed by atoms with Crippen LogP contribution in [0.4, 0.5) is 5.82 Å². The van der Waals surface area contributed by atoms with Crippen LogP contribution in [0.5, 0.6) is 0 Å². The number of nitrogens with zero attached hydrogens (tertiary/aromatic N) is 4. The van der Waals surface area contributed by atoms with Crippen molar-refractivity contribution in [1.29, 1.82) is 0 Å². The standard InChI is InChI=1S/C7H6BrN5/c8-5-3-13(4-11-5)7-2-10-1-6(9)12-7/h1-4H,(H2,9,12). The molecule has 0 amide bonds. The first-order valence-corrected chi connectivity index (χ1v) is 4.32. The molecule has 0 spiro atoms. The summed E-state index contributed by atoms with van der Waals surface area (Å²) in [7, 11) is 0. The third-order valence-electron chi connectivity index (χ3n) is 1.46. The summed E-state index contributed by atoms with van der Waals surface area (Å²) in [4.78, 5) is 12.0. The van der Waals surface area contributed by atoms with Gasteiger partial charge in [-0.15, -0.1) is 0 Å². The molecule has 2 rings (SSSR count). The highest BCUT2D eigenvalue weighted by molar-refractivity contribution is 9.10. The van der Waals surface area contributed by atoms with E-state index in [2.05, 4.69) is 30.9 Å². The second-order valence-corrected chi connectivity index (χ2v) is 3.22. The molecule has 0 bridgehead atoms. The summed E-state index contributed by atoms with van der Waals surface area (Å²) in [5.74, 6) is 1.04. The number of halogens is 1. The molecule has 0 aliphatic rings. The molecule has 2 aromatic heterocycles. The van der Waals surface area contributed by atoms with E-state index in [0.29, 0.717) is 11.6 Å². The van der Waals surface area contributed by atoms with Crippen molar-refractivity contribution in [3.63, 3.8) is 0 Å². The minimum atomic E-state index is 0.391. The normalized spacial score (nSPS) is 10.2. The smallest absolute Gasteiger partial charge is 0.158 e. The monoisotopic (exact) mass is 239 g/mol. The third-order valence-corrected chi connectivity index (χ3v) is 1.87. The molecule has 0 aliphatic carbocycles. The molecule has 2 heterocycles. The molecule has 6 heteroatoms.